The number of hydrogen-bond donors (Lipinski definition) is 1. The molecule has 0 saturated carbocycles. The third-order valence-electron chi connectivity index (χ3n) is 2.71. The first-order valence-corrected chi connectivity index (χ1v) is 5.80. The lowest BCUT2D eigenvalue weighted by molar-refractivity contribution is 0.151. The zero-order chi connectivity index (χ0) is 13.7. The summed E-state index contributed by atoms with van der Waals surface area (Å²) in [7, 11) is 0. The van der Waals surface area contributed by atoms with Crippen LogP contribution in [-0.4, -0.2) is 0 Å². The van der Waals surface area contributed by atoms with E-state index in [0.29, 0.717) is 12.1 Å². The summed E-state index contributed by atoms with van der Waals surface area (Å²) in [4.78, 5) is 0. The number of nitrogens with one attached hydrogen (secondary N) is 1. The molecule has 0 unspecified atom stereocenters. The number of nitriles is 1. The molecule has 0 radical (unpaired) electrons. The van der Waals surface area contributed by atoms with Crippen molar-refractivity contribution in [2.24, 2.45) is 0 Å². The second-order valence-corrected chi connectivity index (χ2v) is 4.09. The fourth-order valence-corrected chi connectivity index (χ4v) is 1.71. The van der Waals surface area contributed by atoms with Gasteiger partial charge in [-0.05, 0) is 35.9 Å². The minimum atomic E-state index is -2.45. The molecule has 0 aromatic heterocycles. The van der Waals surface area contributed by atoms with E-state index in [1.54, 1.807) is 36.4 Å². The van der Waals surface area contributed by atoms with Gasteiger partial charge in [0, 0.05) is 17.8 Å². The van der Waals surface area contributed by atoms with Crippen molar-refractivity contribution in [2.75, 3.05) is 5.32 Å². The summed E-state index contributed by atoms with van der Waals surface area (Å²) < 4.78 is 25.1. The van der Waals surface area contributed by atoms with Crippen molar-refractivity contribution in [1.29, 1.82) is 5.26 Å². The normalized spacial score (nSPS) is 10.2. The number of benzene rings is 2. The Morgan fingerprint density at radius 2 is 1.84 bits per heavy atom. The quantitative estimate of drug-likeness (QED) is 0.895. The third kappa shape index (κ3) is 3.52. The molecule has 0 aliphatic heterocycles. The number of anilines is 1. The molecule has 2 aromatic carbocycles. The van der Waals surface area contributed by atoms with E-state index in [1.807, 2.05) is 6.07 Å². The Bertz CT molecular complexity index is 586. The fraction of sp³-hybridized carbons (Fsp3) is 0.133. The van der Waals surface area contributed by atoms with Gasteiger partial charge >= 0.3 is 0 Å². The Labute approximate surface area is 110 Å². The molecule has 2 nitrogen and oxygen atoms in total. The molecule has 0 heterocycles. The highest BCUT2D eigenvalue weighted by molar-refractivity contribution is 5.47. The summed E-state index contributed by atoms with van der Waals surface area (Å²) in [6.45, 7) is 0.465. The van der Waals surface area contributed by atoms with Gasteiger partial charge in [0.25, 0.3) is 6.43 Å². The molecular weight excluding hydrogens is 246 g/mol. The van der Waals surface area contributed by atoms with Crippen LogP contribution in [0.2, 0.25) is 0 Å². The Morgan fingerprint density at radius 3 is 2.47 bits per heavy atom. The average molecular weight is 258 g/mol. The molecule has 0 aliphatic carbocycles. The molecule has 19 heavy (non-hydrogen) atoms. The molecule has 0 aliphatic rings. The van der Waals surface area contributed by atoms with E-state index in [2.05, 4.69) is 5.32 Å². The highest BCUT2D eigenvalue weighted by Gasteiger charge is 2.06. The molecule has 96 valence electrons. The minimum absolute atomic E-state index is 0.0270. The predicted molar refractivity (Wildman–Crippen MR) is 69.9 cm³/mol. The molecule has 2 rings (SSSR count). The molecule has 1 N–H and O–H groups in total. The monoisotopic (exact) mass is 258 g/mol. The number of nitrogens with zero attached hydrogens (tertiary/aromatic N) is 1. The highest BCUT2D eigenvalue weighted by Crippen LogP contribution is 2.20. The van der Waals surface area contributed by atoms with Gasteiger partial charge in [-0.25, -0.2) is 8.78 Å². The average Bonchev–Trinajstić information content (AvgIpc) is 2.46. The van der Waals surface area contributed by atoms with Crippen LogP contribution in [-0.2, 0) is 6.54 Å². The van der Waals surface area contributed by atoms with Crippen molar-refractivity contribution in [3.63, 3.8) is 0 Å². The summed E-state index contributed by atoms with van der Waals surface area (Å²) in [5, 5.41) is 11.8. The molecule has 0 bridgehead atoms. The van der Waals surface area contributed by atoms with Crippen LogP contribution in [0, 0.1) is 11.3 Å². The molecule has 4 heteroatoms. The predicted octanol–water partition coefficient (Wildman–Crippen LogP) is 4.11. The zero-order valence-corrected chi connectivity index (χ0v) is 10.1. The van der Waals surface area contributed by atoms with Gasteiger partial charge in [0.2, 0.25) is 0 Å². The first kappa shape index (κ1) is 13.0. The number of rotatable bonds is 4. The Kier molecular flexibility index (Phi) is 4.09. The fourth-order valence-electron chi connectivity index (χ4n) is 1.71. The van der Waals surface area contributed by atoms with Crippen LogP contribution >= 0.6 is 0 Å². The molecule has 0 spiro atoms. The van der Waals surface area contributed by atoms with Crippen LogP contribution in [0.25, 0.3) is 0 Å². The van der Waals surface area contributed by atoms with E-state index in [0.717, 1.165) is 11.3 Å². The number of halogens is 2. The molecular formula is C15H12F2N2. The topological polar surface area (TPSA) is 35.8 Å². The van der Waals surface area contributed by atoms with Crippen molar-refractivity contribution < 1.29 is 8.78 Å². The van der Waals surface area contributed by atoms with Gasteiger partial charge in [-0.2, -0.15) is 5.26 Å². The van der Waals surface area contributed by atoms with Gasteiger partial charge in [0.1, 0.15) is 0 Å². The molecule has 0 saturated heterocycles. The van der Waals surface area contributed by atoms with Crippen LogP contribution in [0.4, 0.5) is 14.5 Å². The van der Waals surface area contributed by atoms with Crippen molar-refractivity contribution in [1.82, 2.24) is 0 Å². The molecule has 0 amide bonds. The van der Waals surface area contributed by atoms with Crippen LogP contribution in [0.5, 0.6) is 0 Å². The van der Waals surface area contributed by atoms with Crippen LogP contribution in [0.3, 0.4) is 0 Å². The number of hydrogen-bond acceptors (Lipinski definition) is 2. The first-order chi connectivity index (χ1) is 9.19. The van der Waals surface area contributed by atoms with E-state index in [-0.39, 0.29) is 5.56 Å². The first-order valence-electron chi connectivity index (χ1n) is 5.80. The Morgan fingerprint density at radius 1 is 1.11 bits per heavy atom. The smallest absolute Gasteiger partial charge is 0.263 e. The van der Waals surface area contributed by atoms with Crippen LogP contribution in [0.1, 0.15) is 23.1 Å². The second-order valence-electron chi connectivity index (χ2n) is 4.09. The Hall–Kier alpha value is -2.41. The van der Waals surface area contributed by atoms with E-state index < -0.39 is 6.43 Å². The van der Waals surface area contributed by atoms with E-state index in [1.165, 1.54) is 12.1 Å². The van der Waals surface area contributed by atoms with Gasteiger partial charge < -0.3 is 5.32 Å². The summed E-state index contributed by atoms with van der Waals surface area (Å²) in [5.74, 6) is 0. The number of alkyl halides is 2. The van der Waals surface area contributed by atoms with Gasteiger partial charge in [-0.1, -0.05) is 18.2 Å². The second kappa shape index (κ2) is 5.96. The highest BCUT2D eigenvalue weighted by atomic mass is 19.3. The van der Waals surface area contributed by atoms with E-state index >= 15 is 0 Å². The summed E-state index contributed by atoms with van der Waals surface area (Å²) in [6.07, 6.45) is -2.45. The van der Waals surface area contributed by atoms with Crippen LogP contribution in [0.15, 0.2) is 48.5 Å². The lowest BCUT2D eigenvalue weighted by Gasteiger charge is -2.08. The largest absolute Gasteiger partial charge is 0.381 e. The van der Waals surface area contributed by atoms with Gasteiger partial charge in [-0.3, -0.25) is 0 Å². The molecule has 0 fully saturated rings. The Balaban J connectivity index is 2.02. The summed E-state index contributed by atoms with van der Waals surface area (Å²) in [6, 6.07) is 15.3. The van der Waals surface area contributed by atoms with Gasteiger partial charge in [0.15, 0.2) is 0 Å². The van der Waals surface area contributed by atoms with E-state index in [9.17, 15) is 8.78 Å². The van der Waals surface area contributed by atoms with Crippen molar-refractivity contribution in [2.45, 2.75) is 13.0 Å². The molecule has 2 aromatic rings. The van der Waals surface area contributed by atoms with Crippen molar-refractivity contribution >= 4 is 5.69 Å². The maximum atomic E-state index is 12.5. The summed E-state index contributed by atoms with van der Waals surface area (Å²) >= 11 is 0. The zero-order valence-electron chi connectivity index (χ0n) is 10.1. The maximum absolute atomic E-state index is 12.5. The third-order valence-corrected chi connectivity index (χ3v) is 2.71. The lowest BCUT2D eigenvalue weighted by Crippen LogP contribution is -2.00. The van der Waals surface area contributed by atoms with E-state index in [4.69, 9.17) is 5.26 Å². The van der Waals surface area contributed by atoms with Crippen LogP contribution < -0.4 is 5.32 Å². The minimum Gasteiger partial charge on any atom is -0.381 e. The van der Waals surface area contributed by atoms with Crippen molar-refractivity contribution in [3.8, 4) is 6.07 Å². The lowest BCUT2D eigenvalue weighted by atomic mass is 10.1. The summed E-state index contributed by atoms with van der Waals surface area (Å²) in [5.41, 5.74) is 2.26. The molecule has 0 atom stereocenters. The van der Waals surface area contributed by atoms with Gasteiger partial charge in [-0.15, -0.1) is 0 Å². The SMILES string of the molecule is N#Cc1ccc(NCc2cccc(C(F)F)c2)cc1. The maximum Gasteiger partial charge on any atom is 0.263 e. The van der Waals surface area contributed by atoms with Crippen molar-refractivity contribution in [3.05, 3.63) is 65.2 Å². The van der Waals surface area contributed by atoms with Gasteiger partial charge in [0.05, 0.1) is 11.6 Å². The standard InChI is InChI=1S/C15H12F2N2/c16-15(17)13-3-1-2-12(8-13)10-19-14-6-4-11(9-18)5-7-14/h1-8,15,19H,10H2.